The highest BCUT2D eigenvalue weighted by atomic mass is 35.5. The third-order valence-electron chi connectivity index (χ3n) is 3.01. The minimum absolute atomic E-state index is 0.268. The fourth-order valence-corrected chi connectivity index (χ4v) is 2.38. The lowest BCUT2D eigenvalue weighted by atomic mass is 10.1. The first kappa shape index (κ1) is 12.5. The number of benzene rings is 1. The number of rotatable bonds is 1. The number of alkyl halides is 2. The van der Waals surface area contributed by atoms with Crippen molar-refractivity contribution in [2.45, 2.75) is 24.1 Å². The van der Waals surface area contributed by atoms with Crippen LogP contribution in [0, 0.1) is 6.92 Å². The minimum Gasteiger partial charge on any atom is -0.398 e. The molecule has 17 heavy (non-hydrogen) atoms. The second-order valence-corrected chi connectivity index (χ2v) is 5.79. The van der Waals surface area contributed by atoms with E-state index in [-0.39, 0.29) is 5.91 Å². The maximum atomic E-state index is 12.1. The zero-order chi connectivity index (χ0) is 12.6. The molecule has 92 valence electrons. The third-order valence-corrected chi connectivity index (χ3v) is 3.71. The van der Waals surface area contributed by atoms with Crippen molar-refractivity contribution >= 4 is 40.5 Å². The summed E-state index contributed by atoms with van der Waals surface area (Å²) in [7, 11) is 0. The van der Waals surface area contributed by atoms with Crippen LogP contribution >= 0.6 is 23.2 Å². The Hall–Kier alpha value is -0.930. The molecule has 1 fully saturated rings. The summed E-state index contributed by atoms with van der Waals surface area (Å²) in [4.78, 5) is 13.7. The quantitative estimate of drug-likeness (QED) is 0.631. The molecule has 5 heteroatoms. The van der Waals surface area contributed by atoms with Gasteiger partial charge in [-0.05, 0) is 37.5 Å². The monoisotopic (exact) mass is 272 g/mol. The van der Waals surface area contributed by atoms with E-state index in [1.165, 1.54) is 0 Å². The predicted octanol–water partition coefficient (Wildman–Crippen LogP) is 2.88. The summed E-state index contributed by atoms with van der Waals surface area (Å²) >= 11 is 12.0. The highest BCUT2D eigenvalue weighted by molar-refractivity contribution is 6.59. The average molecular weight is 273 g/mol. The Labute approximate surface area is 110 Å². The second kappa shape index (κ2) is 4.39. The van der Waals surface area contributed by atoms with Gasteiger partial charge in [0.25, 0.3) is 5.91 Å². The van der Waals surface area contributed by atoms with Crippen molar-refractivity contribution in [3.8, 4) is 0 Å². The van der Waals surface area contributed by atoms with E-state index in [4.69, 9.17) is 28.9 Å². The van der Waals surface area contributed by atoms with Crippen molar-refractivity contribution in [3.63, 3.8) is 0 Å². The first-order valence-electron chi connectivity index (χ1n) is 5.48. The van der Waals surface area contributed by atoms with Crippen LogP contribution in [0.5, 0.6) is 0 Å². The van der Waals surface area contributed by atoms with Gasteiger partial charge in [0.05, 0.1) is 0 Å². The van der Waals surface area contributed by atoms with E-state index in [1.54, 1.807) is 11.0 Å². The van der Waals surface area contributed by atoms with Crippen LogP contribution < -0.4 is 10.6 Å². The molecule has 0 aliphatic carbocycles. The number of anilines is 2. The number of piperidine rings is 1. The van der Waals surface area contributed by atoms with Gasteiger partial charge in [0.1, 0.15) is 0 Å². The molecule has 1 heterocycles. The van der Waals surface area contributed by atoms with Crippen LogP contribution in [0.25, 0.3) is 0 Å². The molecular formula is C12H14Cl2N2O. The summed E-state index contributed by atoms with van der Waals surface area (Å²) in [6.45, 7) is 2.55. The van der Waals surface area contributed by atoms with Crippen LogP contribution in [0.1, 0.15) is 18.4 Å². The molecule has 0 spiro atoms. The number of aryl methyl sites for hydroxylation is 1. The number of hydrogen-bond donors (Lipinski definition) is 1. The molecule has 0 aromatic heterocycles. The average Bonchev–Trinajstić information content (AvgIpc) is 2.26. The molecule has 0 bridgehead atoms. The molecule has 1 aliphatic rings. The van der Waals surface area contributed by atoms with Gasteiger partial charge in [-0.15, -0.1) is 0 Å². The highest BCUT2D eigenvalue weighted by Gasteiger charge is 2.41. The van der Waals surface area contributed by atoms with E-state index in [1.807, 2.05) is 19.1 Å². The Morgan fingerprint density at radius 1 is 1.41 bits per heavy atom. The smallest absolute Gasteiger partial charge is 0.263 e. The molecular weight excluding hydrogens is 259 g/mol. The number of carbonyl (C=O) groups excluding carboxylic acids is 1. The van der Waals surface area contributed by atoms with Crippen LogP contribution in [0.4, 0.5) is 11.4 Å². The second-order valence-electron chi connectivity index (χ2n) is 4.31. The van der Waals surface area contributed by atoms with Crippen LogP contribution in [-0.2, 0) is 4.79 Å². The predicted molar refractivity (Wildman–Crippen MR) is 71.6 cm³/mol. The Bertz CT molecular complexity index is 460. The maximum Gasteiger partial charge on any atom is 0.263 e. The van der Waals surface area contributed by atoms with Gasteiger partial charge in [-0.25, -0.2) is 0 Å². The van der Waals surface area contributed by atoms with Crippen LogP contribution in [0.3, 0.4) is 0 Å². The fourth-order valence-electron chi connectivity index (χ4n) is 1.91. The summed E-state index contributed by atoms with van der Waals surface area (Å²) in [6, 6.07) is 5.53. The molecule has 1 aromatic carbocycles. The molecule has 0 saturated carbocycles. The Kier molecular flexibility index (Phi) is 3.23. The van der Waals surface area contributed by atoms with Gasteiger partial charge in [0, 0.05) is 17.9 Å². The van der Waals surface area contributed by atoms with Crippen LogP contribution in [0.2, 0.25) is 0 Å². The Balaban J connectivity index is 2.33. The largest absolute Gasteiger partial charge is 0.398 e. The highest BCUT2D eigenvalue weighted by Crippen LogP contribution is 2.36. The molecule has 1 aliphatic heterocycles. The number of nitrogen functional groups attached to an aromatic ring is 1. The number of nitrogens with two attached hydrogens (primary N) is 1. The molecule has 0 radical (unpaired) electrons. The van der Waals surface area contributed by atoms with Gasteiger partial charge >= 0.3 is 0 Å². The Morgan fingerprint density at radius 3 is 2.76 bits per heavy atom. The number of hydrogen-bond acceptors (Lipinski definition) is 2. The lowest BCUT2D eigenvalue weighted by Gasteiger charge is -2.34. The van der Waals surface area contributed by atoms with E-state index < -0.39 is 4.33 Å². The zero-order valence-electron chi connectivity index (χ0n) is 9.54. The van der Waals surface area contributed by atoms with Gasteiger partial charge < -0.3 is 10.6 Å². The molecule has 0 unspecified atom stereocenters. The van der Waals surface area contributed by atoms with E-state index in [2.05, 4.69) is 0 Å². The van der Waals surface area contributed by atoms with Crippen molar-refractivity contribution in [1.82, 2.24) is 0 Å². The molecule has 1 amide bonds. The SMILES string of the molecule is Cc1ccc(N2CCCC(Cl)(Cl)C2=O)cc1N. The van der Waals surface area contributed by atoms with Gasteiger partial charge in [-0.1, -0.05) is 29.3 Å². The summed E-state index contributed by atoms with van der Waals surface area (Å²) in [5.41, 5.74) is 8.24. The first-order chi connectivity index (χ1) is 7.92. The summed E-state index contributed by atoms with van der Waals surface area (Å²) in [6.07, 6.45) is 1.28. The van der Waals surface area contributed by atoms with Crippen LogP contribution in [-0.4, -0.2) is 16.8 Å². The van der Waals surface area contributed by atoms with Crippen molar-refractivity contribution in [3.05, 3.63) is 23.8 Å². The molecule has 1 saturated heterocycles. The van der Waals surface area contributed by atoms with Gasteiger partial charge in [0.2, 0.25) is 0 Å². The first-order valence-corrected chi connectivity index (χ1v) is 6.23. The van der Waals surface area contributed by atoms with Gasteiger partial charge in [-0.2, -0.15) is 0 Å². The molecule has 1 aromatic rings. The van der Waals surface area contributed by atoms with Crippen molar-refractivity contribution < 1.29 is 4.79 Å². The minimum atomic E-state index is -1.31. The van der Waals surface area contributed by atoms with Gasteiger partial charge in [0.15, 0.2) is 4.33 Å². The van der Waals surface area contributed by atoms with E-state index in [0.717, 1.165) is 17.7 Å². The van der Waals surface area contributed by atoms with Crippen molar-refractivity contribution in [2.75, 3.05) is 17.2 Å². The van der Waals surface area contributed by atoms with Crippen molar-refractivity contribution in [1.29, 1.82) is 0 Å². The Morgan fingerprint density at radius 2 is 2.12 bits per heavy atom. The number of carbonyl (C=O) groups is 1. The number of halogens is 2. The molecule has 3 nitrogen and oxygen atoms in total. The van der Waals surface area contributed by atoms with Crippen molar-refractivity contribution in [2.24, 2.45) is 0 Å². The number of nitrogens with zero attached hydrogens (tertiary/aromatic N) is 1. The number of amides is 1. The standard InChI is InChI=1S/C12H14Cl2N2O/c1-8-3-4-9(7-10(8)15)16-6-2-5-12(13,14)11(16)17/h3-4,7H,2,5-6,15H2,1H3. The van der Waals surface area contributed by atoms with Gasteiger partial charge in [-0.3, -0.25) is 4.79 Å². The van der Waals surface area contributed by atoms with Crippen LogP contribution in [0.15, 0.2) is 18.2 Å². The van der Waals surface area contributed by atoms with E-state index >= 15 is 0 Å². The lowest BCUT2D eigenvalue weighted by Crippen LogP contribution is -2.47. The third kappa shape index (κ3) is 2.35. The van der Waals surface area contributed by atoms with E-state index in [9.17, 15) is 4.79 Å². The summed E-state index contributed by atoms with van der Waals surface area (Å²) in [5.74, 6) is -0.268. The molecule has 2 rings (SSSR count). The fraction of sp³-hybridized carbons (Fsp3) is 0.417. The topological polar surface area (TPSA) is 46.3 Å². The zero-order valence-corrected chi connectivity index (χ0v) is 11.1. The lowest BCUT2D eigenvalue weighted by molar-refractivity contribution is -0.120. The van der Waals surface area contributed by atoms with E-state index in [0.29, 0.717) is 18.7 Å². The summed E-state index contributed by atoms with van der Waals surface area (Å²) < 4.78 is -1.31. The molecule has 0 atom stereocenters. The summed E-state index contributed by atoms with van der Waals surface area (Å²) in [5, 5.41) is 0. The maximum absolute atomic E-state index is 12.1. The molecule has 2 N–H and O–H groups in total. The normalized spacial score (nSPS) is 19.5.